The summed E-state index contributed by atoms with van der Waals surface area (Å²) in [7, 11) is 1.71. The summed E-state index contributed by atoms with van der Waals surface area (Å²) in [5.41, 5.74) is 5.75. The molecule has 84 valence electrons. The smallest absolute Gasteiger partial charge is 0.184 e. The van der Waals surface area contributed by atoms with Gasteiger partial charge in [-0.2, -0.15) is 5.10 Å². The molecule has 6 heteroatoms. The van der Waals surface area contributed by atoms with Gasteiger partial charge in [0.15, 0.2) is 5.82 Å². The molecule has 0 aliphatic carbocycles. The summed E-state index contributed by atoms with van der Waals surface area (Å²) >= 11 is 5.79. The first-order chi connectivity index (χ1) is 7.61. The third-order valence-electron chi connectivity index (χ3n) is 2.21. The fraction of sp³-hybridized carbons (Fsp3) is 0.200. The highest BCUT2D eigenvalue weighted by molar-refractivity contribution is 6.30. The molecule has 1 aromatic heterocycles. The molecule has 1 heterocycles. The normalized spacial score (nSPS) is 10.8. The Labute approximate surface area is 96.9 Å². The van der Waals surface area contributed by atoms with E-state index in [0.29, 0.717) is 16.7 Å². The van der Waals surface area contributed by atoms with Gasteiger partial charge in [0.2, 0.25) is 0 Å². The third kappa shape index (κ3) is 1.91. The average Bonchev–Trinajstić information content (AvgIpc) is 2.63. The van der Waals surface area contributed by atoms with Crippen molar-refractivity contribution in [1.29, 1.82) is 0 Å². The van der Waals surface area contributed by atoms with Crippen LogP contribution in [0.3, 0.4) is 0 Å². The molecule has 16 heavy (non-hydrogen) atoms. The second-order valence-electron chi connectivity index (χ2n) is 3.30. The van der Waals surface area contributed by atoms with Gasteiger partial charge >= 0.3 is 0 Å². The van der Waals surface area contributed by atoms with Crippen LogP contribution in [0.5, 0.6) is 0 Å². The number of halogens is 2. The first kappa shape index (κ1) is 11.0. The average molecular weight is 241 g/mol. The van der Waals surface area contributed by atoms with Crippen LogP contribution in [-0.4, -0.2) is 14.8 Å². The highest BCUT2D eigenvalue weighted by Gasteiger charge is 2.12. The minimum atomic E-state index is -0.404. The van der Waals surface area contributed by atoms with Gasteiger partial charge in [-0.3, -0.25) is 4.68 Å². The Morgan fingerprint density at radius 2 is 2.25 bits per heavy atom. The van der Waals surface area contributed by atoms with E-state index in [1.54, 1.807) is 7.05 Å². The molecule has 0 saturated heterocycles. The minimum absolute atomic E-state index is 0.256. The number of hydrogen-bond acceptors (Lipinski definition) is 3. The van der Waals surface area contributed by atoms with Gasteiger partial charge in [0.1, 0.15) is 11.6 Å². The molecule has 0 saturated carbocycles. The van der Waals surface area contributed by atoms with Crippen molar-refractivity contribution in [3.05, 3.63) is 34.9 Å². The maximum absolute atomic E-state index is 13.5. The minimum Gasteiger partial charge on any atom is -0.324 e. The summed E-state index contributed by atoms with van der Waals surface area (Å²) in [6.45, 7) is 0.256. The van der Waals surface area contributed by atoms with Gasteiger partial charge in [0.25, 0.3) is 0 Å². The molecule has 4 nitrogen and oxygen atoms in total. The predicted molar refractivity (Wildman–Crippen MR) is 59.3 cm³/mol. The molecule has 0 radical (unpaired) electrons. The molecule has 0 amide bonds. The monoisotopic (exact) mass is 240 g/mol. The molecule has 0 unspecified atom stereocenters. The largest absolute Gasteiger partial charge is 0.324 e. The standard InChI is InChI=1S/C10H10ClFN4/c1-16-9(5-13)14-10(15-16)7-4-6(11)2-3-8(7)12/h2-4H,5,13H2,1H3. The van der Waals surface area contributed by atoms with Crippen LogP contribution in [-0.2, 0) is 13.6 Å². The van der Waals surface area contributed by atoms with Crippen LogP contribution >= 0.6 is 11.6 Å². The first-order valence-electron chi connectivity index (χ1n) is 4.67. The Morgan fingerprint density at radius 3 is 2.88 bits per heavy atom. The molecule has 0 aliphatic rings. The molecular weight excluding hydrogens is 231 g/mol. The van der Waals surface area contributed by atoms with Crippen molar-refractivity contribution < 1.29 is 4.39 Å². The summed E-state index contributed by atoms with van der Waals surface area (Å²) in [4.78, 5) is 4.13. The van der Waals surface area contributed by atoms with Crippen LogP contribution in [0.1, 0.15) is 5.82 Å². The van der Waals surface area contributed by atoms with Gasteiger partial charge in [-0.1, -0.05) is 11.6 Å². The fourth-order valence-electron chi connectivity index (χ4n) is 1.38. The van der Waals surface area contributed by atoms with Gasteiger partial charge in [-0.05, 0) is 18.2 Å². The van der Waals surface area contributed by atoms with Crippen LogP contribution in [0.4, 0.5) is 4.39 Å². The number of nitrogens with two attached hydrogens (primary N) is 1. The van der Waals surface area contributed by atoms with Crippen molar-refractivity contribution in [3.63, 3.8) is 0 Å². The second-order valence-corrected chi connectivity index (χ2v) is 3.74. The van der Waals surface area contributed by atoms with E-state index in [9.17, 15) is 4.39 Å². The van der Waals surface area contributed by atoms with Gasteiger partial charge in [-0.15, -0.1) is 0 Å². The van der Waals surface area contributed by atoms with Crippen molar-refractivity contribution in [2.24, 2.45) is 12.8 Å². The van der Waals surface area contributed by atoms with E-state index in [-0.39, 0.29) is 12.1 Å². The number of benzene rings is 1. The van der Waals surface area contributed by atoms with E-state index in [2.05, 4.69) is 10.1 Å². The van der Waals surface area contributed by atoms with E-state index in [0.717, 1.165) is 0 Å². The maximum Gasteiger partial charge on any atom is 0.184 e. The van der Waals surface area contributed by atoms with Gasteiger partial charge < -0.3 is 5.73 Å². The Balaban J connectivity index is 2.53. The lowest BCUT2D eigenvalue weighted by Crippen LogP contribution is -2.05. The van der Waals surface area contributed by atoms with E-state index in [1.807, 2.05) is 0 Å². The van der Waals surface area contributed by atoms with Crippen LogP contribution in [0.2, 0.25) is 5.02 Å². The fourth-order valence-corrected chi connectivity index (χ4v) is 1.55. The highest BCUT2D eigenvalue weighted by atomic mass is 35.5. The maximum atomic E-state index is 13.5. The molecule has 0 fully saturated rings. The summed E-state index contributed by atoms with van der Waals surface area (Å²) in [6.07, 6.45) is 0. The zero-order valence-corrected chi connectivity index (χ0v) is 9.37. The summed E-state index contributed by atoms with van der Waals surface area (Å²) < 4.78 is 15.0. The number of nitrogens with zero attached hydrogens (tertiary/aromatic N) is 3. The SMILES string of the molecule is Cn1nc(-c2cc(Cl)ccc2F)nc1CN. The lowest BCUT2D eigenvalue weighted by Gasteiger charge is -1.98. The van der Waals surface area contributed by atoms with Crippen LogP contribution in [0.25, 0.3) is 11.4 Å². The Hall–Kier alpha value is -1.46. The second kappa shape index (κ2) is 4.19. The molecule has 1 aromatic carbocycles. The topological polar surface area (TPSA) is 56.7 Å². The number of aryl methyl sites for hydroxylation is 1. The van der Waals surface area contributed by atoms with Crippen LogP contribution in [0.15, 0.2) is 18.2 Å². The van der Waals surface area contributed by atoms with Crippen molar-refractivity contribution in [3.8, 4) is 11.4 Å². The van der Waals surface area contributed by atoms with Crippen molar-refractivity contribution in [2.75, 3.05) is 0 Å². The van der Waals surface area contributed by atoms with Crippen LogP contribution < -0.4 is 5.73 Å². The van der Waals surface area contributed by atoms with E-state index in [4.69, 9.17) is 17.3 Å². The van der Waals surface area contributed by atoms with E-state index in [1.165, 1.54) is 22.9 Å². The summed E-state index contributed by atoms with van der Waals surface area (Å²) in [6, 6.07) is 4.26. The Kier molecular flexibility index (Phi) is 2.89. The molecule has 2 aromatic rings. The lowest BCUT2D eigenvalue weighted by atomic mass is 10.2. The molecule has 2 rings (SSSR count). The Bertz CT molecular complexity index is 524. The van der Waals surface area contributed by atoms with E-state index >= 15 is 0 Å². The van der Waals surface area contributed by atoms with Crippen molar-refractivity contribution in [1.82, 2.24) is 14.8 Å². The van der Waals surface area contributed by atoms with Gasteiger partial charge in [-0.25, -0.2) is 9.37 Å². The molecule has 0 aliphatic heterocycles. The van der Waals surface area contributed by atoms with E-state index < -0.39 is 5.82 Å². The summed E-state index contributed by atoms with van der Waals surface area (Å²) in [5, 5.41) is 4.52. The molecule has 0 bridgehead atoms. The highest BCUT2D eigenvalue weighted by Crippen LogP contribution is 2.23. The number of hydrogen-bond donors (Lipinski definition) is 1. The zero-order chi connectivity index (χ0) is 11.7. The van der Waals surface area contributed by atoms with Crippen LogP contribution in [0, 0.1) is 5.82 Å². The molecule has 0 spiro atoms. The number of aromatic nitrogens is 3. The third-order valence-corrected chi connectivity index (χ3v) is 2.44. The van der Waals surface area contributed by atoms with Crippen molar-refractivity contribution in [2.45, 2.75) is 6.54 Å². The quantitative estimate of drug-likeness (QED) is 0.870. The van der Waals surface area contributed by atoms with Crippen molar-refractivity contribution >= 4 is 11.6 Å². The first-order valence-corrected chi connectivity index (χ1v) is 5.05. The molecule has 0 atom stereocenters. The lowest BCUT2D eigenvalue weighted by molar-refractivity contribution is 0.629. The summed E-state index contributed by atoms with van der Waals surface area (Å²) in [5.74, 6) is 0.482. The molecule has 2 N–H and O–H groups in total. The zero-order valence-electron chi connectivity index (χ0n) is 8.61. The molecular formula is C10H10ClFN4. The van der Waals surface area contributed by atoms with Gasteiger partial charge in [0.05, 0.1) is 12.1 Å². The van der Waals surface area contributed by atoms with Gasteiger partial charge in [0, 0.05) is 12.1 Å². The number of rotatable bonds is 2. The predicted octanol–water partition coefficient (Wildman–Crippen LogP) is 1.73. The Morgan fingerprint density at radius 1 is 1.50 bits per heavy atom.